The molecule has 10 heteroatoms. The smallest absolute Gasteiger partial charge is 0.213 e. The Kier molecular flexibility index (Phi) is 4.48. The number of aromatic nitrogens is 3. The van der Waals surface area contributed by atoms with Gasteiger partial charge in [0, 0.05) is 25.3 Å². The summed E-state index contributed by atoms with van der Waals surface area (Å²) < 4.78 is 25.1. The van der Waals surface area contributed by atoms with E-state index in [4.69, 9.17) is 0 Å². The van der Waals surface area contributed by atoms with Gasteiger partial charge in [-0.2, -0.15) is 0 Å². The second kappa shape index (κ2) is 6.40. The molecule has 0 radical (unpaired) electrons. The molecule has 0 amide bonds. The van der Waals surface area contributed by atoms with Crippen LogP contribution in [0.5, 0.6) is 0 Å². The summed E-state index contributed by atoms with van der Waals surface area (Å²) in [5.41, 5.74) is 1.37. The van der Waals surface area contributed by atoms with Gasteiger partial charge in [0.25, 0.3) is 0 Å². The second-order valence-electron chi connectivity index (χ2n) is 5.42. The number of aliphatic hydroxyl groups is 1. The van der Waals surface area contributed by atoms with Gasteiger partial charge in [-0.3, -0.25) is 5.32 Å². The molecule has 9 nitrogen and oxygen atoms in total. The van der Waals surface area contributed by atoms with E-state index in [1.807, 2.05) is 0 Å². The van der Waals surface area contributed by atoms with Crippen LogP contribution in [0.15, 0.2) is 18.5 Å². The first-order valence-corrected chi connectivity index (χ1v) is 9.07. The number of aromatic amines is 1. The van der Waals surface area contributed by atoms with Crippen LogP contribution in [0.3, 0.4) is 0 Å². The number of aliphatic hydroxyl groups excluding tert-OH is 1. The van der Waals surface area contributed by atoms with Crippen molar-refractivity contribution in [2.45, 2.75) is 25.7 Å². The fourth-order valence-electron chi connectivity index (χ4n) is 2.60. The predicted octanol–water partition coefficient (Wildman–Crippen LogP) is -0.341. The standard InChI is InChI=1S/C13H20N6O3S/c1-2-23(21,22)19-6-4-9(8-19)16-13(20)18-11-7-15-12-10(17-11)3-5-14-12/h3,5,7,9,13,16,20H,2,4,6,8H2,1H3,(H,14,15)(H,17,18)/t9-,13?/m1/s1. The third kappa shape index (κ3) is 3.61. The Hall–Kier alpha value is -1.75. The Morgan fingerprint density at radius 3 is 3.17 bits per heavy atom. The van der Waals surface area contributed by atoms with Crippen LogP contribution in [-0.2, 0) is 10.0 Å². The van der Waals surface area contributed by atoms with Gasteiger partial charge in [0.15, 0.2) is 12.0 Å². The van der Waals surface area contributed by atoms with E-state index in [9.17, 15) is 13.5 Å². The van der Waals surface area contributed by atoms with E-state index in [1.165, 1.54) is 10.5 Å². The van der Waals surface area contributed by atoms with Crippen LogP contribution < -0.4 is 10.6 Å². The van der Waals surface area contributed by atoms with Gasteiger partial charge in [-0.05, 0) is 19.4 Å². The van der Waals surface area contributed by atoms with Gasteiger partial charge in [-0.15, -0.1) is 0 Å². The number of anilines is 1. The Balaban J connectivity index is 1.56. The summed E-state index contributed by atoms with van der Waals surface area (Å²) in [5, 5.41) is 15.8. The molecule has 0 saturated carbocycles. The lowest BCUT2D eigenvalue weighted by Gasteiger charge is -2.20. The molecule has 2 aromatic rings. The number of H-pyrrole nitrogens is 1. The van der Waals surface area contributed by atoms with Gasteiger partial charge in [0.1, 0.15) is 11.3 Å². The van der Waals surface area contributed by atoms with Crippen LogP contribution >= 0.6 is 0 Å². The average molecular weight is 340 g/mol. The van der Waals surface area contributed by atoms with Crippen LogP contribution in [0.2, 0.25) is 0 Å². The Morgan fingerprint density at radius 2 is 2.39 bits per heavy atom. The minimum atomic E-state index is -3.18. The maximum atomic E-state index is 11.8. The number of sulfonamides is 1. The summed E-state index contributed by atoms with van der Waals surface area (Å²) in [6, 6.07) is 1.68. The summed E-state index contributed by atoms with van der Waals surface area (Å²) in [7, 11) is -3.18. The summed E-state index contributed by atoms with van der Waals surface area (Å²) in [6.45, 7) is 2.45. The number of nitrogens with one attached hydrogen (secondary N) is 3. The van der Waals surface area contributed by atoms with E-state index >= 15 is 0 Å². The molecule has 1 saturated heterocycles. The van der Waals surface area contributed by atoms with Crippen molar-refractivity contribution in [2.75, 3.05) is 24.2 Å². The van der Waals surface area contributed by atoms with Crippen molar-refractivity contribution in [3.63, 3.8) is 0 Å². The maximum absolute atomic E-state index is 11.8. The Bertz CT molecular complexity index is 777. The molecule has 4 N–H and O–H groups in total. The van der Waals surface area contributed by atoms with Gasteiger partial charge in [-0.25, -0.2) is 22.7 Å². The molecule has 1 fully saturated rings. The minimum absolute atomic E-state index is 0.0901. The van der Waals surface area contributed by atoms with Crippen LogP contribution in [0, 0.1) is 0 Å². The van der Waals surface area contributed by atoms with Crippen molar-refractivity contribution < 1.29 is 13.5 Å². The van der Waals surface area contributed by atoms with Gasteiger partial charge in [0.05, 0.1) is 11.9 Å². The van der Waals surface area contributed by atoms with Crippen molar-refractivity contribution in [1.82, 2.24) is 24.6 Å². The summed E-state index contributed by atoms with van der Waals surface area (Å²) in [4.78, 5) is 11.4. The Morgan fingerprint density at radius 1 is 1.57 bits per heavy atom. The molecule has 0 bridgehead atoms. The number of rotatable bonds is 6. The van der Waals surface area contributed by atoms with Gasteiger partial charge in [0.2, 0.25) is 10.0 Å². The van der Waals surface area contributed by atoms with E-state index in [2.05, 4.69) is 25.6 Å². The SMILES string of the molecule is CCS(=O)(=O)N1CC[C@@H](NC(O)Nc2cnc3[nH]ccc3n2)C1. The number of hydrogen-bond acceptors (Lipinski definition) is 7. The van der Waals surface area contributed by atoms with Crippen LogP contribution in [0.1, 0.15) is 13.3 Å². The van der Waals surface area contributed by atoms with Gasteiger partial charge < -0.3 is 15.4 Å². The molecule has 2 atom stereocenters. The fraction of sp³-hybridized carbons (Fsp3) is 0.538. The molecule has 0 aliphatic carbocycles. The van der Waals surface area contributed by atoms with E-state index in [1.54, 1.807) is 19.2 Å². The maximum Gasteiger partial charge on any atom is 0.213 e. The van der Waals surface area contributed by atoms with E-state index in [0.717, 1.165) is 0 Å². The monoisotopic (exact) mass is 340 g/mol. The minimum Gasteiger partial charge on any atom is -0.361 e. The topological polar surface area (TPSA) is 123 Å². The van der Waals surface area contributed by atoms with E-state index in [-0.39, 0.29) is 11.8 Å². The van der Waals surface area contributed by atoms with Gasteiger partial charge >= 0.3 is 0 Å². The van der Waals surface area contributed by atoms with Crippen LogP contribution in [0.4, 0.5) is 5.82 Å². The molecule has 3 heterocycles. The Labute approximate surface area is 134 Å². The molecule has 1 aliphatic rings. The lowest BCUT2D eigenvalue weighted by molar-refractivity contribution is 0.150. The number of hydrogen-bond donors (Lipinski definition) is 4. The van der Waals surface area contributed by atoms with Crippen molar-refractivity contribution in [3.8, 4) is 0 Å². The normalized spacial score (nSPS) is 20.9. The molecule has 1 aliphatic heterocycles. The largest absolute Gasteiger partial charge is 0.361 e. The highest BCUT2D eigenvalue weighted by atomic mass is 32.2. The van der Waals surface area contributed by atoms with Crippen molar-refractivity contribution >= 4 is 27.0 Å². The van der Waals surface area contributed by atoms with Crippen molar-refractivity contribution in [1.29, 1.82) is 0 Å². The van der Waals surface area contributed by atoms with Crippen LogP contribution in [0.25, 0.3) is 11.2 Å². The molecular formula is C13H20N6O3S. The summed E-state index contributed by atoms with van der Waals surface area (Å²) in [6.07, 6.45) is 2.88. The molecule has 126 valence electrons. The highest BCUT2D eigenvalue weighted by molar-refractivity contribution is 7.89. The predicted molar refractivity (Wildman–Crippen MR) is 86.1 cm³/mol. The third-order valence-electron chi connectivity index (χ3n) is 3.85. The number of nitrogens with zero attached hydrogens (tertiary/aromatic N) is 3. The fourth-order valence-corrected chi connectivity index (χ4v) is 3.76. The highest BCUT2D eigenvalue weighted by Crippen LogP contribution is 2.15. The summed E-state index contributed by atoms with van der Waals surface area (Å²) in [5.74, 6) is 0.528. The van der Waals surface area contributed by atoms with E-state index in [0.29, 0.717) is 36.5 Å². The molecular weight excluding hydrogens is 320 g/mol. The second-order valence-corrected chi connectivity index (χ2v) is 7.68. The zero-order valence-electron chi connectivity index (χ0n) is 12.7. The first-order valence-electron chi connectivity index (χ1n) is 7.46. The molecule has 1 unspecified atom stereocenters. The lowest BCUT2D eigenvalue weighted by atomic mass is 10.3. The molecule has 2 aromatic heterocycles. The van der Waals surface area contributed by atoms with Gasteiger partial charge in [-0.1, -0.05) is 0 Å². The first kappa shape index (κ1) is 16.1. The van der Waals surface area contributed by atoms with E-state index < -0.39 is 16.4 Å². The zero-order valence-corrected chi connectivity index (χ0v) is 13.5. The zero-order chi connectivity index (χ0) is 16.4. The molecule has 23 heavy (non-hydrogen) atoms. The average Bonchev–Trinajstić information content (AvgIpc) is 3.15. The third-order valence-corrected chi connectivity index (χ3v) is 5.70. The molecule has 0 spiro atoms. The van der Waals surface area contributed by atoms with Crippen molar-refractivity contribution in [3.05, 3.63) is 18.5 Å². The number of fused-ring (bicyclic) bond motifs is 1. The lowest BCUT2D eigenvalue weighted by Crippen LogP contribution is -2.45. The molecule has 0 aromatic carbocycles. The van der Waals surface area contributed by atoms with Crippen LogP contribution in [-0.4, -0.2) is 64.0 Å². The molecule has 3 rings (SSSR count). The highest BCUT2D eigenvalue weighted by Gasteiger charge is 2.30. The quantitative estimate of drug-likeness (QED) is 0.530. The first-order chi connectivity index (χ1) is 11.0. The van der Waals surface area contributed by atoms with Crippen molar-refractivity contribution in [2.24, 2.45) is 0 Å². The summed E-state index contributed by atoms with van der Waals surface area (Å²) >= 11 is 0.